The number of hydrogen-bond acceptors (Lipinski definition) is 4. The van der Waals surface area contributed by atoms with Crippen molar-refractivity contribution < 1.29 is 4.79 Å². The van der Waals surface area contributed by atoms with Crippen LogP contribution < -0.4 is 11.3 Å². The van der Waals surface area contributed by atoms with Gasteiger partial charge in [-0.1, -0.05) is 53.2 Å². The SMILES string of the molecule is C[C@H](Sc1nc2ccccc2c(=O)n1CCc1ccc(Cl)cc1Cl)C(N)=O. The molecule has 1 atom stereocenters. The standard InChI is InChI=1S/C19H17Cl2N3O2S/c1-11(17(22)25)27-19-23-16-5-3-2-4-14(16)18(26)24(19)9-8-12-6-7-13(20)10-15(12)21/h2-7,10-11H,8-9H2,1H3,(H2,22,25)/t11-/m0/s1. The molecule has 8 heteroatoms. The monoisotopic (exact) mass is 421 g/mol. The molecule has 3 rings (SSSR count). The van der Waals surface area contributed by atoms with E-state index in [9.17, 15) is 9.59 Å². The van der Waals surface area contributed by atoms with Crippen molar-refractivity contribution in [2.24, 2.45) is 5.73 Å². The number of benzene rings is 2. The summed E-state index contributed by atoms with van der Waals surface area (Å²) in [6.45, 7) is 2.06. The van der Waals surface area contributed by atoms with Gasteiger partial charge in [-0.3, -0.25) is 14.2 Å². The summed E-state index contributed by atoms with van der Waals surface area (Å²) in [6, 6.07) is 12.4. The highest BCUT2D eigenvalue weighted by molar-refractivity contribution is 8.00. The molecule has 0 saturated carbocycles. The van der Waals surface area contributed by atoms with E-state index in [1.165, 1.54) is 11.8 Å². The highest BCUT2D eigenvalue weighted by Gasteiger charge is 2.17. The Hall–Kier alpha value is -2.02. The minimum Gasteiger partial charge on any atom is -0.369 e. The number of aryl methyl sites for hydroxylation is 1. The van der Waals surface area contributed by atoms with Gasteiger partial charge in [0.15, 0.2) is 5.16 Å². The molecule has 0 spiro atoms. The Bertz CT molecular complexity index is 1070. The van der Waals surface area contributed by atoms with E-state index in [1.807, 2.05) is 12.1 Å². The molecule has 1 aromatic heterocycles. The molecule has 0 aliphatic carbocycles. The van der Waals surface area contributed by atoms with Gasteiger partial charge in [-0.15, -0.1) is 0 Å². The molecular formula is C19H17Cl2N3O2S. The van der Waals surface area contributed by atoms with Gasteiger partial charge in [-0.25, -0.2) is 4.98 Å². The maximum atomic E-state index is 13.0. The Morgan fingerprint density at radius 3 is 2.70 bits per heavy atom. The van der Waals surface area contributed by atoms with Gasteiger partial charge in [0.05, 0.1) is 16.2 Å². The Kier molecular flexibility index (Phi) is 6.09. The van der Waals surface area contributed by atoms with Crippen LogP contribution in [0, 0.1) is 0 Å². The second-order valence-corrected chi connectivity index (χ2v) is 8.17. The van der Waals surface area contributed by atoms with Crippen molar-refractivity contribution in [2.75, 3.05) is 0 Å². The highest BCUT2D eigenvalue weighted by Crippen LogP contribution is 2.24. The number of rotatable bonds is 6. The zero-order valence-electron chi connectivity index (χ0n) is 14.5. The lowest BCUT2D eigenvalue weighted by Crippen LogP contribution is -2.27. The first kappa shape index (κ1) is 19.7. The molecule has 27 heavy (non-hydrogen) atoms. The van der Waals surface area contributed by atoms with Gasteiger partial charge < -0.3 is 5.73 Å². The van der Waals surface area contributed by atoms with E-state index in [4.69, 9.17) is 28.9 Å². The van der Waals surface area contributed by atoms with Gasteiger partial charge in [0.1, 0.15) is 0 Å². The third-order valence-corrected chi connectivity index (χ3v) is 5.82. The number of thioether (sulfide) groups is 1. The van der Waals surface area contributed by atoms with Crippen molar-refractivity contribution in [3.63, 3.8) is 0 Å². The molecule has 1 amide bonds. The van der Waals surface area contributed by atoms with Crippen LogP contribution in [-0.2, 0) is 17.8 Å². The van der Waals surface area contributed by atoms with Crippen LogP contribution in [0.1, 0.15) is 12.5 Å². The molecule has 0 aliphatic heterocycles. The zero-order chi connectivity index (χ0) is 19.6. The molecule has 3 aromatic rings. The number of fused-ring (bicyclic) bond motifs is 1. The summed E-state index contributed by atoms with van der Waals surface area (Å²) in [7, 11) is 0. The second kappa shape index (κ2) is 8.33. The first-order valence-corrected chi connectivity index (χ1v) is 9.90. The Morgan fingerprint density at radius 2 is 2.00 bits per heavy atom. The van der Waals surface area contributed by atoms with E-state index in [0.717, 1.165) is 5.56 Å². The molecule has 2 N–H and O–H groups in total. The number of primary amides is 1. The molecule has 0 bridgehead atoms. The average Bonchev–Trinajstić information content (AvgIpc) is 2.62. The fourth-order valence-corrected chi connectivity index (χ4v) is 4.00. The van der Waals surface area contributed by atoms with E-state index in [1.54, 1.807) is 41.8 Å². The third-order valence-electron chi connectivity index (χ3n) is 4.13. The number of para-hydroxylation sites is 1. The van der Waals surface area contributed by atoms with Crippen LogP contribution in [0.3, 0.4) is 0 Å². The molecule has 0 fully saturated rings. The summed E-state index contributed by atoms with van der Waals surface area (Å²) in [5.41, 5.74) is 6.68. The number of nitrogens with zero attached hydrogens (tertiary/aromatic N) is 2. The van der Waals surface area contributed by atoms with Gasteiger partial charge in [-0.2, -0.15) is 0 Å². The maximum Gasteiger partial charge on any atom is 0.262 e. The predicted molar refractivity (Wildman–Crippen MR) is 111 cm³/mol. The van der Waals surface area contributed by atoms with E-state index in [2.05, 4.69) is 4.98 Å². The van der Waals surface area contributed by atoms with E-state index in [-0.39, 0.29) is 5.56 Å². The number of nitrogens with two attached hydrogens (primary N) is 1. The quantitative estimate of drug-likeness (QED) is 0.483. The number of aromatic nitrogens is 2. The van der Waals surface area contributed by atoms with Crippen molar-refractivity contribution in [3.05, 3.63) is 68.4 Å². The number of carbonyl (C=O) groups excluding carboxylic acids is 1. The first-order chi connectivity index (χ1) is 12.9. The van der Waals surface area contributed by atoms with Crippen LogP contribution in [0.15, 0.2) is 52.4 Å². The number of carbonyl (C=O) groups is 1. The molecule has 140 valence electrons. The molecule has 2 aromatic carbocycles. The second-order valence-electron chi connectivity index (χ2n) is 6.02. The van der Waals surface area contributed by atoms with Crippen LogP contribution in [0.25, 0.3) is 10.9 Å². The Labute approximate surface area is 170 Å². The summed E-state index contributed by atoms with van der Waals surface area (Å²) in [6.07, 6.45) is 0.522. The minimum absolute atomic E-state index is 0.162. The number of hydrogen-bond donors (Lipinski definition) is 1. The molecule has 0 aliphatic rings. The lowest BCUT2D eigenvalue weighted by Gasteiger charge is -2.15. The van der Waals surface area contributed by atoms with Crippen molar-refractivity contribution in [2.45, 2.75) is 30.3 Å². The lowest BCUT2D eigenvalue weighted by molar-refractivity contribution is -0.117. The van der Waals surface area contributed by atoms with E-state index >= 15 is 0 Å². The van der Waals surface area contributed by atoms with Gasteiger partial charge in [0.25, 0.3) is 5.56 Å². The third kappa shape index (κ3) is 4.46. The molecule has 1 heterocycles. The summed E-state index contributed by atoms with van der Waals surface area (Å²) >= 11 is 13.4. The summed E-state index contributed by atoms with van der Waals surface area (Å²) < 4.78 is 1.57. The smallest absolute Gasteiger partial charge is 0.262 e. The fraction of sp³-hybridized carbons (Fsp3) is 0.211. The van der Waals surface area contributed by atoms with Gasteiger partial charge in [0.2, 0.25) is 5.91 Å². The van der Waals surface area contributed by atoms with E-state index < -0.39 is 11.2 Å². The number of halogens is 2. The van der Waals surface area contributed by atoms with Crippen LogP contribution >= 0.6 is 35.0 Å². The fourth-order valence-electron chi connectivity index (χ4n) is 2.61. The molecule has 0 unspecified atom stereocenters. The van der Waals surface area contributed by atoms with Crippen molar-refractivity contribution >= 4 is 51.8 Å². The van der Waals surface area contributed by atoms with Gasteiger partial charge in [-0.05, 0) is 43.2 Å². The Morgan fingerprint density at radius 1 is 1.26 bits per heavy atom. The number of amides is 1. The van der Waals surface area contributed by atoms with Crippen LogP contribution in [0.4, 0.5) is 0 Å². The van der Waals surface area contributed by atoms with Crippen LogP contribution in [0.2, 0.25) is 10.0 Å². The molecule has 0 radical (unpaired) electrons. The van der Waals surface area contributed by atoms with E-state index in [0.29, 0.717) is 39.1 Å². The normalized spacial score (nSPS) is 12.3. The van der Waals surface area contributed by atoms with Crippen LogP contribution in [-0.4, -0.2) is 20.7 Å². The van der Waals surface area contributed by atoms with Crippen molar-refractivity contribution in [1.29, 1.82) is 0 Å². The average molecular weight is 422 g/mol. The largest absolute Gasteiger partial charge is 0.369 e. The lowest BCUT2D eigenvalue weighted by atomic mass is 10.1. The first-order valence-electron chi connectivity index (χ1n) is 8.26. The maximum absolute atomic E-state index is 13.0. The van der Waals surface area contributed by atoms with Crippen LogP contribution in [0.5, 0.6) is 0 Å². The van der Waals surface area contributed by atoms with Gasteiger partial charge in [0, 0.05) is 16.6 Å². The summed E-state index contributed by atoms with van der Waals surface area (Å²) in [5.74, 6) is -0.463. The van der Waals surface area contributed by atoms with Gasteiger partial charge >= 0.3 is 0 Å². The summed E-state index contributed by atoms with van der Waals surface area (Å²) in [5, 5.41) is 1.57. The zero-order valence-corrected chi connectivity index (χ0v) is 16.8. The summed E-state index contributed by atoms with van der Waals surface area (Å²) in [4.78, 5) is 29.0. The van der Waals surface area contributed by atoms with Crippen molar-refractivity contribution in [1.82, 2.24) is 9.55 Å². The molecule has 5 nitrogen and oxygen atoms in total. The highest BCUT2D eigenvalue weighted by atomic mass is 35.5. The predicted octanol–water partition coefficient (Wildman–Crippen LogP) is 3.91. The molecular weight excluding hydrogens is 405 g/mol. The Balaban J connectivity index is 2.01. The van der Waals surface area contributed by atoms with Crippen molar-refractivity contribution in [3.8, 4) is 0 Å². The minimum atomic E-state index is -0.511. The topological polar surface area (TPSA) is 78.0 Å². The molecule has 0 saturated heterocycles.